The molecular weight excluding hydrogens is 206 g/mol. The number of nitrogens with one attached hydrogen (secondary N) is 1. The molecule has 1 aromatic carbocycles. The summed E-state index contributed by atoms with van der Waals surface area (Å²) in [7, 11) is 0. The standard InChI is InChI=1S/C14H17N.C2H6/c1-2-3-12-4-6-13(7-5-12)14-8-10-15-11-9-14;1-2/h4-10,15H,2-3,11H2,1H3;1-2H3. The Morgan fingerprint density at radius 2 is 1.82 bits per heavy atom. The van der Waals surface area contributed by atoms with Crippen molar-refractivity contribution in [3.8, 4) is 0 Å². The Bertz CT molecular complexity index is 371. The Labute approximate surface area is 105 Å². The molecule has 0 aliphatic carbocycles. The topological polar surface area (TPSA) is 12.0 Å². The Morgan fingerprint density at radius 1 is 1.12 bits per heavy atom. The van der Waals surface area contributed by atoms with Gasteiger partial charge in [0, 0.05) is 6.54 Å². The zero-order valence-corrected chi connectivity index (χ0v) is 11.2. The Kier molecular flexibility index (Phi) is 6.16. The third kappa shape index (κ3) is 4.10. The maximum Gasteiger partial charge on any atom is 0.0334 e. The van der Waals surface area contributed by atoms with Gasteiger partial charge >= 0.3 is 0 Å². The Morgan fingerprint density at radius 3 is 2.35 bits per heavy atom. The van der Waals surface area contributed by atoms with E-state index in [1.165, 1.54) is 29.5 Å². The van der Waals surface area contributed by atoms with Gasteiger partial charge in [0.1, 0.15) is 0 Å². The first-order valence-electron chi connectivity index (χ1n) is 6.59. The van der Waals surface area contributed by atoms with Crippen molar-refractivity contribution in [3.63, 3.8) is 0 Å². The van der Waals surface area contributed by atoms with E-state index >= 15 is 0 Å². The zero-order valence-electron chi connectivity index (χ0n) is 11.2. The normalized spacial score (nSPS) is 13.2. The first-order valence-corrected chi connectivity index (χ1v) is 6.59. The fraction of sp³-hybridized carbons (Fsp3) is 0.375. The number of rotatable bonds is 3. The lowest BCUT2D eigenvalue weighted by molar-refractivity contribution is 0.921. The minimum absolute atomic E-state index is 0.933. The first-order chi connectivity index (χ1) is 8.40. The molecule has 0 fully saturated rings. The lowest BCUT2D eigenvalue weighted by Gasteiger charge is -2.09. The smallest absolute Gasteiger partial charge is 0.0334 e. The molecule has 1 heterocycles. The Hall–Kier alpha value is -1.50. The molecule has 0 saturated heterocycles. The number of benzene rings is 1. The molecule has 1 aromatic rings. The minimum atomic E-state index is 0.933. The van der Waals surface area contributed by atoms with E-state index in [1.54, 1.807) is 0 Å². The fourth-order valence-electron chi connectivity index (χ4n) is 1.82. The van der Waals surface area contributed by atoms with E-state index in [2.05, 4.69) is 48.7 Å². The van der Waals surface area contributed by atoms with Crippen molar-refractivity contribution in [2.75, 3.05) is 6.54 Å². The highest BCUT2D eigenvalue weighted by Gasteiger charge is 2.00. The number of aryl methyl sites for hydroxylation is 1. The predicted octanol–water partition coefficient (Wildman–Crippen LogP) is 4.17. The summed E-state index contributed by atoms with van der Waals surface area (Å²) in [6.45, 7) is 7.15. The highest BCUT2D eigenvalue weighted by molar-refractivity contribution is 5.74. The first kappa shape index (κ1) is 13.6. The Balaban J connectivity index is 0.000000686. The summed E-state index contributed by atoms with van der Waals surface area (Å²) < 4.78 is 0. The van der Waals surface area contributed by atoms with Gasteiger partial charge in [0.25, 0.3) is 0 Å². The van der Waals surface area contributed by atoms with Crippen molar-refractivity contribution in [1.29, 1.82) is 0 Å². The predicted molar refractivity (Wildman–Crippen MR) is 76.9 cm³/mol. The van der Waals surface area contributed by atoms with Crippen molar-refractivity contribution < 1.29 is 0 Å². The van der Waals surface area contributed by atoms with Crippen LogP contribution in [-0.4, -0.2) is 6.54 Å². The summed E-state index contributed by atoms with van der Waals surface area (Å²) in [5.74, 6) is 0. The van der Waals surface area contributed by atoms with Gasteiger partial charge in [-0.2, -0.15) is 0 Å². The van der Waals surface area contributed by atoms with Crippen LogP contribution in [0.2, 0.25) is 0 Å². The average molecular weight is 229 g/mol. The molecule has 0 amide bonds. The van der Waals surface area contributed by atoms with Gasteiger partial charge in [0.15, 0.2) is 0 Å². The van der Waals surface area contributed by atoms with E-state index < -0.39 is 0 Å². The summed E-state index contributed by atoms with van der Waals surface area (Å²) >= 11 is 0. The van der Waals surface area contributed by atoms with Crippen LogP contribution in [-0.2, 0) is 6.42 Å². The molecule has 1 nitrogen and oxygen atoms in total. The van der Waals surface area contributed by atoms with Gasteiger partial charge in [0.05, 0.1) is 0 Å². The van der Waals surface area contributed by atoms with E-state index in [9.17, 15) is 0 Å². The number of hydrogen-bond donors (Lipinski definition) is 1. The fourth-order valence-corrected chi connectivity index (χ4v) is 1.82. The van der Waals surface area contributed by atoms with Crippen LogP contribution in [0.5, 0.6) is 0 Å². The number of allylic oxidation sites excluding steroid dienone is 2. The van der Waals surface area contributed by atoms with Gasteiger partial charge in [-0.3, -0.25) is 0 Å². The van der Waals surface area contributed by atoms with E-state index in [-0.39, 0.29) is 0 Å². The van der Waals surface area contributed by atoms with Crippen molar-refractivity contribution in [1.82, 2.24) is 5.32 Å². The lowest BCUT2D eigenvalue weighted by Crippen LogP contribution is -2.08. The van der Waals surface area contributed by atoms with Crippen molar-refractivity contribution >= 4 is 5.57 Å². The lowest BCUT2D eigenvalue weighted by atomic mass is 10.0. The van der Waals surface area contributed by atoms with E-state index in [1.807, 2.05) is 20.0 Å². The maximum atomic E-state index is 3.16. The van der Waals surface area contributed by atoms with Crippen LogP contribution in [0.15, 0.2) is 42.6 Å². The van der Waals surface area contributed by atoms with E-state index in [4.69, 9.17) is 0 Å². The quantitative estimate of drug-likeness (QED) is 0.820. The van der Waals surface area contributed by atoms with Crippen LogP contribution >= 0.6 is 0 Å². The molecule has 0 radical (unpaired) electrons. The van der Waals surface area contributed by atoms with Gasteiger partial charge < -0.3 is 5.32 Å². The monoisotopic (exact) mass is 229 g/mol. The number of dihydropyridines is 1. The van der Waals surface area contributed by atoms with Crippen LogP contribution in [0, 0.1) is 0 Å². The summed E-state index contributed by atoms with van der Waals surface area (Å²) in [5, 5.41) is 3.16. The van der Waals surface area contributed by atoms with Gasteiger partial charge in [0.2, 0.25) is 0 Å². The molecular formula is C16H23N. The van der Waals surface area contributed by atoms with Crippen LogP contribution < -0.4 is 5.32 Å². The highest BCUT2D eigenvalue weighted by Crippen LogP contribution is 2.18. The van der Waals surface area contributed by atoms with E-state index in [0.29, 0.717) is 0 Å². The maximum absolute atomic E-state index is 3.16. The summed E-state index contributed by atoms with van der Waals surface area (Å²) in [5.41, 5.74) is 4.06. The van der Waals surface area contributed by atoms with Crippen molar-refractivity contribution in [2.24, 2.45) is 0 Å². The second-order valence-electron chi connectivity index (χ2n) is 3.85. The summed E-state index contributed by atoms with van der Waals surface area (Å²) in [6.07, 6.45) is 8.74. The van der Waals surface area contributed by atoms with Crippen LogP contribution in [0.4, 0.5) is 0 Å². The molecule has 0 unspecified atom stereocenters. The average Bonchev–Trinajstić information content (AvgIpc) is 2.43. The zero-order chi connectivity index (χ0) is 12.5. The molecule has 2 rings (SSSR count). The number of hydrogen-bond acceptors (Lipinski definition) is 1. The summed E-state index contributed by atoms with van der Waals surface area (Å²) in [4.78, 5) is 0. The van der Waals surface area contributed by atoms with Gasteiger partial charge in [-0.05, 0) is 35.4 Å². The largest absolute Gasteiger partial charge is 0.387 e. The van der Waals surface area contributed by atoms with Gasteiger partial charge in [-0.15, -0.1) is 0 Å². The molecule has 0 saturated carbocycles. The molecule has 1 heteroatoms. The molecule has 1 N–H and O–H groups in total. The molecule has 0 atom stereocenters. The van der Waals surface area contributed by atoms with Crippen LogP contribution in [0.25, 0.3) is 5.57 Å². The van der Waals surface area contributed by atoms with Gasteiger partial charge in [-0.25, -0.2) is 0 Å². The highest BCUT2D eigenvalue weighted by atomic mass is 14.8. The van der Waals surface area contributed by atoms with Crippen LogP contribution in [0.3, 0.4) is 0 Å². The molecule has 1 aliphatic rings. The third-order valence-electron chi connectivity index (χ3n) is 2.65. The van der Waals surface area contributed by atoms with Crippen molar-refractivity contribution in [2.45, 2.75) is 33.6 Å². The molecule has 17 heavy (non-hydrogen) atoms. The molecule has 0 aromatic heterocycles. The second kappa shape index (κ2) is 7.72. The van der Waals surface area contributed by atoms with Crippen molar-refractivity contribution in [3.05, 3.63) is 53.7 Å². The van der Waals surface area contributed by atoms with Crippen LogP contribution in [0.1, 0.15) is 38.3 Å². The SMILES string of the molecule is CC.CCCc1ccc(C2=CCNC=C2)cc1. The van der Waals surface area contributed by atoms with E-state index in [0.717, 1.165) is 6.54 Å². The van der Waals surface area contributed by atoms with Gasteiger partial charge in [-0.1, -0.05) is 57.5 Å². The molecule has 92 valence electrons. The second-order valence-corrected chi connectivity index (χ2v) is 3.85. The molecule has 0 bridgehead atoms. The molecule has 1 aliphatic heterocycles. The molecule has 0 spiro atoms. The summed E-state index contributed by atoms with van der Waals surface area (Å²) in [6, 6.07) is 8.89. The minimum Gasteiger partial charge on any atom is -0.387 e. The third-order valence-corrected chi connectivity index (χ3v) is 2.65.